The second-order valence-corrected chi connectivity index (χ2v) is 8.84. The van der Waals surface area contributed by atoms with Crippen LogP contribution in [0.25, 0.3) is 10.2 Å². The van der Waals surface area contributed by atoms with Gasteiger partial charge >= 0.3 is 0 Å². The first-order chi connectivity index (χ1) is 15.6. The molecule has 0 spiro atoms. The van der Waals surface area contributed by atoms with E-state index in [0.29, 0.717) is 28.7 Å². The Bertz CT molecular complexity index is 1060. The van der Waals surface area contributed by atoms with Crippen molar-refractivity contribution in [1.29, 1.82) is 0 Å². The lowest BCUT2D eigenvalue weighted by Gasteiger charge is -2.27. The molecule has 1 saturated heterocycles. The average Bonchev–Trinajstić information content (AvgIpc) is 3.24. The number of thiazole rings is 1. The first-order valence-corrected chi connectivity index (χ1v) is 11.6. The summed E-state index contributed by atoms with van der Waals surface area (Å²) in [6.45, 7) is 6.95. The fourth-order valence-corrected chi connectivity index (χ4v) is 4.87. The second kappa shape index (κ2) is 11.7. The molecule has 1 aliphatic rings. The highest BCUT2D eigenvalue weighted by Gasteiger charge is 2.23. The first-order valence-electron chi connectivity index (χ1n) is 10.8. The molecule has 1 fully saturated rings. The fraction of sp³-hybridized carbons (Fsp3) is 0.417. The lowest BCUT2D eigenvalue weighted by atomic mass is 10.1. The molecule has 0 radical (unpaired) electrons. The van der Waals surface area contributed by atoms with Crippen molar-refractivity contribution in [3.63, 3.8) is 0 Å². The highest BCUT2D eigenvalue weighted by atomic mass is 35.5. The summed E-state index contributed by atoms with van der Waals surface area (Å²) in [7, 11) is 3.16. The molecular formula is C24H30ClN3O4S. The van der Waals surface area contributed by atoms with E-state index >= 15 is 0 Å². The molecule has 7 nitrogen and oxygen atoms in total. The number of halogens is 1. The van der Waals surface area contributed by atoms with Crippen LogP contribution in [-0.4, -0.2) is 69.4 Å². The molecule has 4 rings (SSSR count). The van der Waals surface area contributed by atoms with Gasteiger partial charge in [0.2, 0.25) is 0 Å². The van der Waals surface area contributed by atoms with Crippen LogP contribution in [0, 0.1) is 6.92 Å². The van der Waals surface area contributed by atoms with Gasteiger partial charge in [0.15, 0.2) is 5.13 Å². The lowest BCUT2D eigenvalue weighted by molar-refractivity contribution is 0.0376. The Balaban J connectivity index is 0.00000306. The maximum absolute atomic E-state index is 13.7. The van der Waals surface area contributed by atoms with E-state index in [1.807, 2.05) is 12.1 Å². The number of hydrogen-bond acceptors (Lipinski definition) is 7. The topological polar surface area (TPSA) is 64.1 Å². The predicted molar refractivity (Wildman–Crippen MR) is 135 cm³/mol. The van der Waals surface area contributed by atoms with Gasteiger partial charge < -0.3 is 14.2 Å². The Hall–Kier alpha value is -2.39. The Morgan fingerprint density at radius 3 is 2.48 bits per heavy atom. The number of amides is 1. The van der Waals surface area contributed by atoms with Crippen LogP contribution >= 0.6 is 23.7 Å². The quantitative estimate of drug-likeness (QED) is 0.465. The summed E-state index contributed by atoms with van der Waals surface area (Å²) in [5.74, 6) is 1.06. The molecule has 3 aromatic rings. The van der Waals surface area contributed by atoms with E-state index < -0.39 is 0 Å². The fourth-order valence-electron chi connectivity index (χ4n) is 3.78. The van der Waals surface area contributed by atoms with E-state index in [1.165, 1.54) is 5.56 Å². The number of carbonyl (C=O) groups is 1. The Morgan fingerprint density at radius 1 is 1.12 bits per heavy atom. The molecule has 1 aliphatic heterocycles. The summed E-state index contributed by atoms with van der Waals surface area (Å²) in [4.78, 5) is 22.6. The maximum Gasteiger partial charge on any atom is 0.260 e. The minimum atomic E-state index is -0.111. The summed E-state index contributed by atoms with van der Waals surface area (Å²) in [5, 5.41) is 0.708. The van der Waals surface area contributed by atoms with Gasteiger partial charge in [-0.15, -0.1) is 12.4 Å². The number of aromatic nitrogens is 1. The standard InChI is InChI=1S/C24H29N3O4S.ClH/c1-17-5-6-21-22(13-17)32-24(25-21)27(8-4-7-26-9-11-31-12-10-26)23(28)18-14-19(29-2)16-20(15-18)30-3;/h5-6,13-16H,4,7-12H2,1-3H3;1H. The number of nitrogens with zero attached hydrogens (tertiary/aromatic N) is 3. The van der Waals surface area contributed by atoms with Gasteiger partial charge in [0.1, 0.15) is 11.5 Å². The molecule has 0 bridgehead atoms. The highest BCUT2D eigenvalue weighted by Crippen LogP contribution is 2.32. The van der Waals surface area contributed by atoms with Gasteiger partial charge in [-0.05, 0) is 43.2 Å². The molecule has 0 N–H and O–H groups in total. The predicted octanol–water partition coefficient (Wildman–Crippen LogP) is 4.41. The zero-order valence-corrected chi connectivity index (χ0v) is 20.8. The van der Waals surface area contributed by atoms with Gasteiger partial charge in [-0.3, -0.25) is 14.6 Å². The summed E-state index contributed by atoms with van der Waals surface area (Å²) < 4.78 is 17.3. The molecule has 2 aromatic carbocycles. The van der Waals surface area contributed by atoms with E-state index in [0.717, 1.165) is 49.5 Å². The molecule has 0 atom stereocenters. The zero-order valence-electron chi connectivity index (χ0n) is 19.2. The number of aryl methyl sites for hydroxylation is 1. The van der Waals surface area contributed by atoms with Gasteiger partial charge in [-0.1, -0.05) is 17.4 Å². The number of morpholine rings is 1. The van der Waals surface area contributed by atoms with Crippen LogP contribution in [0.3, 0.4) is 0 Å². The van der Waals surface area contributed by atoms with Gasteiger partial charge in [0.05, 0.1) is 37.6 Å². The minimum absolute atomic E-state index is 0. The second-order valence-electron chi connectivity index (χ2n) is 7.83. The van der Waals surface area contributed by atoms with E-state index in [2.05, 4.69) is 17.9 Å². The zero-order chi connectivity index (χ0) is 22.5. The van der Waals surface area contributed by atoms with E-state index in [9.17, 15) is 4.79 Å². The third-order valence-corrected chi connectivity index (χ3v) is 6.61. The summed E-state index contributed by atoms with van der Waals surface area (Å²) in [6, 6.07) is 11.4. The Morgan fingerprint density at radius 2 is 1.82 bits per heavy atom. The SMILES string of the molecule is COc1cc(OC)cc(C(=O)N(CCCN2CCOCC2)c2nc3ccc(C)cc3s2)c1.Cl. The van der Waals surface area contributed by atoms with Crippen molar-refractivity contribution in [3.8, 4) is 11.5 Å². The molecular weight excluding hydrogens is 462 g/mol. The highest BCUT2D eigenvalue weighted by molar-refractivity contribution is 7.22. The van der Waals surface area contributed by atoms with Crippen molar-refractivity contribution < 1.29 is 19.0 Å². The van der Waals surface area contributed by atoms with E-state index in [1.54, 1.807) is 48.7 Å². The lowest BCUT2D eigenvalue weighted by Crippen LogP contribution is -2.39. The van der Waals surface area contributed by atoms with Crippen LogP contribution in [0.4, 0.5) is 5.13 Å². The van der Waals surface area contributed by atoms with E-state index in [4.69, 9.17) is 19.2 Å². The number of fused-ring (bicyclic) bond motifs is 1. The number of methoxy groups -OCH3 is 2. The van der Waals surface area contributed by atoms with Crippen molar-refractivity contribution in [2.75, 3.05) is 58.5 Å². The number of carbonyl (C=O) groups excluding carboxylic acids is 1. The normalized spacial score (nSPS) is 14.0. The van der Waals surface area contributed by atoms with Crippen LogP contribution in [0.2, 0.25) is 0 Å². The maximum atomic E-state index is 13.7. The van der Waals surface area contributed by atoms with E-state index in [-0.39, 0.29) is 18.3 Å². The Kier molecular flexibility index (Phi) is 8.91. The smallest absolute Gasteiger partial charge is 0.260 e. The van der Waals surface area contributed by atoms with Crippen LogP contribution in [0.1, 0.15) is 22.3 Å². The molecule has 0 unspecified atom stereocenters. The van der Waals surface area contributed by atoms with Crippen LogP contribution in [-0.2, 0) is 4.74 Å². The van der Waals surface area contributed by atoms with Crippen LogP contribution in [0.15, 0.2) is 36.4 Å². The molecule has 1 amide bonds. The van der Waals surface area contributed by atoms with Crippen molar-refractivity contribution >= 4 is 45.0 Å². The van der Waals surface area contributed by atoms with Crippen LogP contribution in [0.5, 0.6) is 11.5 Å². The summed E-state index contributed by atoms with van der Waals surface area (Å²) in [6.07, 6.45) is 0.849. The Labute approximate surface area is 204 Å². The molecule has 2 heterocycles. The number of rotatable bonds is 8. The van der Waals surface area contributed by atoms with Crippen LogP contribution < -0.4 is 14.4 Å². The third kappa shape index (κ3) is 6.14. The largest absolute Gasteiger partial charge is 0.497 e. The van der Waals surface area contributed by atoms with Crippen molar-refractivity contribution in [2.45, 2.75) is 13.3 Å². The number of benzene rings is 2. The summed E-state index contributed by atoms with van der Waals surface area (Å²) >= 11 is 1.55. The van der Waals surface area contributed by atoms with Crippen molar-refractivity contribution in [3.05, 3.63) is 47.5 Å². The number of anilines is 1. The molecule has 1 aromatic heterocycles. The molecule has 0 saturated carbocycles. The minimum Gasteiger partial charge on any atom is -0.497 e. The number of ether oxygens (including phenoxy) is 3. The average molecular weight is 492 g/mol. The van der Waals surface area contributed by atoms with Gasteiger partial charge in [0, 0.05) is 37.8 Å². The van der Waals surface area contributed by atoms with Gasteiger partial charge in [0.25, 0.3) is 5.91 Å². The monoisotopic (exact) mass is 491 g/mol. The van der Waals surface area contributed by atoms with Crippen molar-refractivity contribution in [1.82, 2.24) is 9.88 Å². The molecule has 9 heteroatoms. The summed E-state index contributed by atoms with van der Waals surface area (Å²) in [5.41, 5.74) is 2.60. The first kappa shape index (κ1) is 25.2. The van der Waals surface area contributed by atoms with Crippen molar-refractivity contribution in [2.24, 2.45) is 0 Å². The van der Waals surface area contributed by atoms with Gasteiger partial charge in [-0.25, -0.2) is 4.98 Å². The molecule has 0 aliphatic carbocycles. The molecule has 33 heavy (non-hydrogen) atoms. The van der Waals surface area contributed by atoms with Gasteiger partial charge in [-0.2, -0.15) is 0 Å². The molecule has 178 valence electrons. The number of hydrogen-bond donors (Lipinski definition) is 0. The third-order valence-electron chi connectivity index (χ3n) is 5.57.